The number of benzene rings is 11. The number of aromatic nitrogens is 2. The molecule has 11 aromatic carbocycles. The second-order valence-corrected chi connectivity index (χ2v) is 26.5. The van der Waals surface area contributed by atoms with Crippen LogP contribution in [0.1, 0.15) is 5.56 Å². The van der Waals surface area contributed by atoms with E-state index in [0.29, 0.717) is 5.56 Å². The van der Waals surface area contributed by atoms with Crippen molar-refractivity contribution < 1.29 is 4.39 Å². The van der Waals surface area contributed by atoms with E-state index in [0.717, 1.165) is 83.2 Å². The van der Waals surface area contributed by atoms with E-state index < -0.39 is 13.3 Å². The van der Waals surface area contributed by atoms with Crippen LogP contribution in [-0.2, 0) is 0 Å². The predicted octanol–water partition coefficient (Wildman–Crippen LogP) is 14.4. The van der Waals surface area contributed by atoms with E-state index in [4.69, 9.17) is 0 Å². The largest absolute Gasteiger partial charge is 0.0423 e. The van der Waals surface area contributed by atoms with Gasteiger partial charge in [-0.25, -0.2) is 4.39 Å². The zero-order valence-electron chi connectivity index (χ0n) is 39.6. The van der Waals surface area contributed by atoms with Gasteiger partial charge in [0.25, 0.3) is 0 Å². The molecule has 0 unspecified atom stereocenters. The Morgan fingerprint density at radius 2 is 0.753 bits per heavy atom. The fourth-order valence-electron chi connectivity index (χ4n) is 11.3. The summed E-state index contributed by atoms with van der Waals surface area (Å²) < 4.78 is 24.3. The van der Waals surface area contributed by atoms with Crippen molar-refractivity contribution in [2.45, 2.75) is 0 Å². The molecule has 344 valence electrons. The second kappa shape index (κ2) is 18.2. The third kappa shape index (κ3) is 7.42. The van der Waals surface area contributed by atoms with Crippen molar-refractivity contribution in [3.63, 3.8) is 0 Å². The van der Waals surface area contributed by atoms with Crippen LogP contribution < -0.4 is 22.5 Å². The molecule has 0 aliphatic rings. The average Bonchev–Trinajstić information content (AvgIpc) is 3.97. The summed E-state index contributed by atoms with van der Waals surface area (Å²) >= 11 is -3.45. The van der Waals surface area contributed by atoms with Crippen molar-refractivity contribution in [2.24, 2.45) is 0 Å². The zero-order valence-corrected chi connectivity index (χ0v) is 41.7. The van der Waals surface area contributed by atoms with Crippen LogP contribution in [0.15, 0.2) is 273 Å². The van der Waals surface area contributed by atoms with Gasteiger partial charge in [0.2, 0.25) is 0 Å². The standard InChI is InChI=1S/C67H45FGeN4/c68-50-30-36-57(37-31-50)73-64-24-14-13-23-60(64)62-44-58(38-41-66(62)73)71(56-34-25-47(46-70)26-35-56)59-39-42-67-63(45-59)61-43-49(29-40-65(61)72(67)55-21-11-4-12-22-55)48-27-32-54(33-28-48)69(51-15-5-1-6-16-51,52-17-7-2-8-18-52)53-19-9-3-10-20-53/h1-45H. The molecule has 2 heterocycles. The van der Waals surface area contributed by atoms with E-state index in [1.165, 1.54) is 29.7 Å². The quantitative estimate of drug-likeness (QED) is 0.128. The minimum absolute atomic E-state index is 0.269. The zero-order chi connectivity index (χ0) is 48.9. The number of hydrogen-bond donors (Lipinski definition) is 0. The Morgan fingerprint density at radius 1 is 0.342 bits per heavy atom. The van der Waals surface area contributed by atoms with E-state index in [2.05, 4.69) is 238 Å². The van der Waals surface area contributed by atoms with Gasteiger partial charge in [-0.15, -0.1) is 0 Å². The number of nitriles is 1. The molecule has 13 aromatic rings. The van der Waals surface area contributed by atoms with Gasteiger partial charge in [-0.05, 0) is 72.8 Å². The molecule has 0 amide bonds. The molecule has 73 heavy (non-hydrogen) atoms. The first kappa shape index (κ1) is 43.8. The minimum Gasteiger partial charge on any atom is -0.0423 e. The van der Waals surface area contributed by atoms with Gasteiger partial charge < -0.3 is 4.57 Å². The molecule has 0 saturated carbocycles. The van der Waals surface area contributed by atoms with Crippen molar-refractivity contribution in [1.29, 1.82) is 5.26 Å². The first-order chi connectivity index (χ1) is 36.1. The van der Waals surface area contributed by atoms with Crippen LogP contribution in [0.2, 0.25) is 0 Å². The molecule has 0 saturated heterocycles. The van der Waals surface area contributed by atoms with E-state index >= 15 is 0 Å². The molecule has 6 heteroatoms. The molecular weight excluding hydrogens is 952 g/mol. The van der Waals surface area contributed by atoms with Crippen molar-refractivity contribution in [1.82, 2.24) is 9.13 Å². The van der Waals surface area contributed by atoms with Gasteiger partial charge >= 0.3 is 272 Å². The fourth-order valence-corrected chi connectivity index (χ4v) is 21.2. The summed E-state index contributed by atoms with van der Waals surface area (Å²) in [6.07, 6.45) is 0. The normalized spacial score (nSPS) is 11.6. The third-order valence-electron chi connectivity index (χ3n) is 14.5. The molecule has 0 aliphatic carbocycles. The van der Waals surface area contributed by atoms with Crippen LogP contribution in [0.3, 0.4) is 0 Å². The van der Waals surface area contributed by atoms with Crippen molar-refractivity contribution in [2.75, 3.05) is 4.90 Å². The summed E-state index contributed by atoms with van der Waals surface area (Å²) in [7, 11) is 0. The van der Waals surface area contributed by atoms with Gasteiger partial charge in [0.05, 0.1) is 22.7 Å². The summed E-state index contributed by atoms with van der Waals surface area (Å²) in [4.78, 5) is 2.28. The number of rotatable bonds is 10. The molecule has 0 fully saturated rings. The molecule has 13 rings (SSSR count). The van der Waals surface area contributed by atoms with Crippen LogP contribution in [0.4, 0.5) is 21.5 Å². The molecule has 0 N–H and O–H groups in total. The van der Waals surface area contributed by atoms with Gasteiger partial charge in [-0.1, -0.05) is 24.3 Å². The maximum atomic E-state index is 14.2. The summed E-state index contributed by atoms with van der Waals surface area (Å²) in [5.41, 5.74) is 12.0. The molecule has 0 spiro atoms. The Labute approximate surface area is 425 Å². The SMILES string of the molecule is N#Cc1ccc(N(c2ccc3c(c2)c2ccccc2n3-c2ccc(F)cc2)c2ccc3c(c2)c2cc(-c4cc[c]([Ge]([c]5ccccc5)([c]5ccccc5)[c]5ccccc5)cc4)ccc2n3-c2ccccc2)cc1. The molecular formula is C67H45FGeN4. The summed E-state index contributed by atoms with van der Waals surface area (Å²) in [6.45, 7) is 0. The number of para-hydroxylation sites is 2. The van der Waals surface area contributed by atoms with E-state index in [9.17, 15) is 9.65 Å². The van der Waals surface area contributed by atoms with Crippen LogP contribution in [0.5, 0.6) is 0 Å². The number of hydrogen-bond acceptors (Lipinski definition) is 2. The van der Waals surface area contributed by atoms with Gasteiger partial charge in [0.15, 0.2) is 0 Å². The monoisotopic (exact) mass is 998 g/mol. The summed E-state index contributed by atoms with van der Waals surface area (Å²) in [5.74, 6) is -0.269. The topological polar surface area (TPSA) is 36.9 Å². The molecule has 0 aliphatic heterocycles. The average molecular weight is 998 g/mol. The third-order valence-corrected chi connectivity index (χ3v) is 24.6. The van der Waals surface area contributed by atoms with Crippen LogP contribution in [0, 0.1) is 17.1 Å². The second-order valence-electron chi connectivity index (χ2n) is 18.6. The Hall–Kier alpha value is -9.22. The van der Waals surface area contributed by atoms with E-state index in [1.807, 2.05) is 42.5 Å². The molecule has 0 radical (unpaired) electrons. The number of fused-ring (bicyclic) bond motifs is 6. The molecule has 2 aromatic heterocycles. The van der Waals surface area contributed by atoms with Crippen LogP contribution in [-0.4, -0.2) is 22.4 Å². The maximum Gasteiger partial charge on any atom is -0.0367 e. The Balaban J connectivity index is 0.986. The van der Waals surface area contributed by atoms with Crippen molar-refractivity contribution in [3.8, 4) is 28.6 Å². The van der Waals surface area contributed by atoms with Crippen molar-refractivity contribution in [3.05, 3.63) is 284 Å². The Morgan fingerprint density at radius 3 is 1.30 bits per heavy atom. The van der Waals surface area contributed by atoms with E-state index in [-0.39, 0.29) is 5.82 Å². The summed E-state index contributed by atoms with van der Waals surface area (Å²) in [5, 5.41) is 14.3. The van der Waals surface area contributed by atoms with Gasteiger partial charge in [0.1, 0.15) is 5.82 Å². The Kier molecular flexibility index (Phi) is 10.9. The molecule has 4 nitrogen and oxygen atoms in total. The Bertz CT molecular complexity index is 4090. The number of anilines is 3. The minimum atomic E-state index is -3.45. The summed E-state index contributed by atoms with van der Waals surface area (Å²) in [6, 6.07) is 98.8. The first-order valence-corrected chi connectivity index (χ1v) is 28.8. The van der Waals surface area contributed by atoms with Crippen LogP contribution >= 0.6 is 0 Å². The smallest absolute Gasteiger partial charge is 0.0367 e. The van der Waals surface area contributed by atoms with Gasteiger partial charge in [0, 0.05) is 16.5 Å². The number of nitrogens with zero attached hydrogens (tertiary/aromatic N) is 4. The molecule has 0 bridgehead atoms. The van der Waals surface area contributed by atoms with Gasteiger partial charge in [-0.3, -0.25) is 0 Å². The van der Waals surface area contributed by atoms with Crippen LogP contribution in [0.25, 0.3) is 66.1 Å². The number of halogens is 1. The van der Waals surface area contributed by atoms with Gasteiger partial charge in [-0.2, -0.15) is 5.26 Å². The first-order valence-electron chi connectivity index (χ1n) is 24.6. The fraction of sp³-hybridized carbons (Fsp3) is 0. The van der Waals surface area contributed by atoms with Crippen molar-refractivity contribution >= 4 is 91.5 Å². The van der Waals surface area contributed by atoms with E-state index in [1.54, 1.807) is 0 Å². The molecule has 0 atom stereocenters. The maximum absolute atomic E-state index is 14.2. The predicted molar refractivity (Wildman–Crippen MR) is 304 cm³/mol.